The van der Waals surface area contributed by atoms with Gasteiger partial charge in [-0.15, -0.1) is 0 Å². The molecule has 2 aromatic heterocycles. The van der Waals surface area contributed by atoms with Gasteiger partial charge in [-0.05, 0) is 49.4 Å². The molecule has 0 fully saturated rings. The summed E-state index contributed by atoms with van der Waals surface area (Å²) in [5.41, 5.74) is 2.43. The Balaban J connectivity index is 1.55. The third-order valence-corrected chi connectivity index (χ3v) is 5.65. The maximum absolute atomic E-state index is 12.8. The monoisotopic (exact) mass is 419 g/mol. The van der Waals surface area contributed by atoms with Crippen LogP contribution in [-0.2, 0) is 10.0 Å². The minimum atomic E-state index is -3.84. The van der Waals surface area contributed by atoms with Gasteiger partial charge >= 0.3 is 0 Å². The second-order valence-electron chi connectivity index (χ2n) is 6.48. The molecular formula is C21H17N5O3S. The van der Waals surface area contributed by atoms with Gasteiger partial charge in [-0.25, -0.2) is 23.1 Å². The van der Waals surface area contributed by atoms with Gasteiger partial charge in [-0.3, -0.25) is 9.78 Å². The summed E-state index contributed by atoms with van der Waals surface area (Å²) >= 11 is 0. The number of rotatable bonds is 5. The quantitative estimate of drug-likeness (QED) is 0.513. The number of hydrogen-bond donors (Lipinski definition) is 2. The molecule has 0 unspecified atom stereocenters. The van der Waals surface area contributed by atoms with Crippen LogP contribution >= 0.6 is 0 Å². The van der Waals surface area contributed by atoms with Crippen LogP contribution in [-0.4, -0.2) is 29.3 Å². The molecule has 0 aliphatic rings. The first-order valence-electron chi connectivity index (χ1n) is 9.00. The van der Waals surface area contributed by atoms with Crippen molar-refractivity contribution in [3.8, 4) is 0 Å². The van der Waals surface area contributed by atoms with Crippen LogP contribution in [0.5, 0.6) is 0 Å². The van der Waals surface area contributed by atoms with E-state index in [9.17, 15) is 13.2 Å². The van der Waals surface area contributed by atoms with Crippen molar-refractivity contribution in [2.45, 2.75) is 11.8 Å². The zero-order valence-corrected chi connectivity index (χ0v) is 16.7. The molecule has 2 heterocycles. The summed E-state index contributed by atoms with van der Waals surface area (Å²) in [6, 6.07) is 16.6. The van der Waals surface area contributed by atoms with E-state index in [1.54, 1.807) is 12.1 Å². The lowest BCUT2D eigenvalue weighted by Crippen LogP contribution is -2.15. The number of carbonyl (C=O) groups excluding carboxylic acids is 1. The summed E-state index contributed by atoms with van der Waals surface area (Å²) in [7, 11) is -3.84. The predicted octanol–water partition coefficient (Wildman–Crippen LogP) is 3.39. The van der Waals surface area contributed by atoms with Gasteiger partial charge in [-0.2, -0.15) is 0 Å². The van der Waals surface area contributed by atoms with Crippen molar-refractivity contribution in [1.29, 1.82) is 0 Å². The number of nitrogens with one attached hydrogen (secondary N) is 2. The zero-order chi connectivity index (χ0) is 21.1. The van der Waals surface area contributed by atoms with Crippen LogP contribution in [0, 0.1) is 6.92 Å². The molecule has 2 N–H and O–H groups in total. The Morgan fingerprint density at radius 2 is 1.63 bits per heavy atom. The molecule has 0 saturated carbocycles. The van der Waals surface area contributed by atoms with Crippen molar-refractivity contribution >= 4 is 38.5 Å². The van der Waals surface area contributed by atoms with Crippen LogP contribution in [0.15, 0.2) is 78.0 Å². The van der Waals surface area contributed by atoms with Crippen LogP contribution in [0.2, 0.25) is 0 Å². The number of hydrogen-bond acceptors (Lipinski definition) is 6. The van der Waals surface area contributed by atoms with E-state index in [0.717, 1.165) is 16.6 Å². The molecule has 0 radical (unpaired) electrons. The van der Waals surface area contributed by atoms with E-state index >= 15 is 0 Å². The Bertz CT molecular complexity index is 1320. The van der Waals surface area contributed by atoms with E-state index < -0.39 is 10.0 Å². The Hall–Kier alpha value is -3.85. The molecule has 0 bridgehead atoms. The summed E-state index contributed by atoms with van der Waals surface area (Å²) in [5.74, 6) is -0.321. The van der Waals surface area contributed by atoms with Gasteiger partial charge in [-0.1, -0.05) is 18.2 Å². The first-order valence-corrected chi connectivity index (χ1v) is 10.5. The average molecular weight is 419 g/mol. The first-order chi connectivity index (χ1) is 14.4. The number of benzene rings is 2. The molecule has 4 rings (SSSR count). The van der Waals surface area contributed by atoms with Crippen molar-refractivity contribution in [1.82, 2.24) is 15.0 Å². The highest BCUT2D eigenvalue weighted by Crippen LogP contribution is 2.21. The molecule has 4 aromatic rings. The lowest BCUT2D eigenvalue weighted by Gasteiger charge is -2.10. The summed E-state index contributed by atoms with van der Waals surface area (Å²) < 4.78 is 27.2. The molecule has 0 aliphatic heterocycles. The second kappa shape index (κ2) is 7.88. The number of carbonyl (C=O) groups is 1. The fraction of sp³-hybridized carbons (Fsp3) is 0.0476. The van der Waals surface area contributed by atoms with Gasteiger partial charge in [0.05, 0.1) is 16.0 Å². The molecule has 8 nitrogen and oxygen atoms in total. The number of aryl methyl sites for hydroxylation is 1. The Morgan fingerprint density at radius 1 is 0.933 bits per heavy atom. The van der Waals surface area contributed by atoms with Crippen LogP contribution in [0.25, 0.3) is 10.9 Å². The minimum absolute atomic E-state index is 0.0187. The van der Waals surface area contributed by atoms with Gasteiger partial charge in [0.15, 0.2) is 0 Å². The molecule has 9 heteroatoms. The number of anilines is 2. The lowest BCUT2D eigenvalue weighted by molar-refractivity contribution is 0.102. The Morgan fingerprint density at radius 3 is 2.37 bits per heavy atom. The number of fused-ring (bicyclic) bond motifs is 1. The maximum Gasteiger partial charge on any atom is 0.264 e. The molecule has 0 spiro atoms. The summed E-state index contributed by atoms with van der Waals surface area (Å²) in [6.07, 6.45) is 2.88. The normalized spacial score (nSPS) is 11.2. The molecule has 1 amide bonds. The number of nitrogens with zero attached hydrogens (tertiary/aromatic N) is 3. The third kappa shape index (κ3) is 4.11. The number of para-hydroxylation sites is 1. The van der Waals surface area contributed by atoms with Crippen molar-refractivity contribution in [3.05, 3.63) is 84.3 Å². The first kappa shape index (κ1) is 19.5. The molecule has 150 valence electrons. The van der Waals surface area contributed by atoms with Crippen LogP contribution < -0.4 is 10.0 Å². The van der Waals surface area contributed by atoms with Crippen molar-refractivity contribution in [2.24, 2.45) is 0 Å². The Labute approximate surface area is 173 Å². The van der Waals surface area contributed by atoms with Crippen LogP contribution in [0.3, 0.4) is 0 Å². The predicted molar refractivity (Wildman–Crippen MR) is 114 cm³/mol. The lowest BCUT2D eigenvalue weighted by atomic mass is 10.1. The van der Waals surface area contributed by atoms with Gasteiger partial charge in [0.1, 0.15) is 0 Å². The molecular weight excluding hydrogens is 402 g/mol. The highest BCUT2D eigenvalue weighted by molar-refractivity contribution is 7.92. The van der Waals surface area contributed by atoms with Crippen molar-refractivity contribution in [2.75, 3.05) is 10.0 Å². The van der Waals surface area contributed by atoms with Gasteiger partial charge in [0.2, 0.25) is 5.95 Å². The Kier molecular flexibility index (Phi) is 5.11. The molecule has 0 aliphatic carbocycles. The van der Waals surface area contributed by atoms with Crippen LogP contribution in [0.1, 0.15) is 16.1 Å². The van der Waals surface area contributed by atoms with E-state index in [1.807, 2.05) is 31.2 Å². The van der Waals surface area contributed by atoms with Crippen molar-refractivity contribution in [3.63, 3.8) is 0 Å². The van der Waals surface area contributed by atoms with E-state index in [2.05, 4.69) is 25.0 Å². The summed E-state index contributed by atoms with van der Waals surface area (Å²) in [5, 5.41) is 3.54. The van der Waals surface area contributed by atoms with Crippen LogP contribution in [0.4, 0.5) is 11.6 Å². The van der Waals surface area contributed by atoms with E-state index in [4.69, 9.17) is 0 Å². The smallest absolute Gasteiger partial charge is 0.264 e. The number of aromatic nitrogens is 3. The number of sulfonamides is 1. The average Bonchev–Trinajstić information content (AvgIpc) is 2.74. The fourth-order valence-corrected chi connectivity index (χ4v) is 3.90. The van der Waals surface area contributed by atoms with E-state index in [1.165, 1.54) is 36.7 Å². The molecule has 0 saturated heterocycles. The standard InChI is InChI=1S/C21H17N5O3S/c1-14-13-18(17-5-2-3-6-19(17)24-14)20(27)25-15-7-9-16(10-8-15)30(28,29)26-21-22-11-4-12-23-21/h2-13H,1H3,(H,25,27)(H,22,23,26). The maximum atomic E-state index is 12.8. The van der Waals surface area contributed by atoms with Gasteiger partial charge in [0.25, 0.3) is 15.9 Å². The SMILES string of the molecule is Cc1cc(C(=O)Nc2ccc(S(=O)(=O)Nc3ncccn3)cc2)c2ccccc2n1. The van der Waals surface area contributed by atoms with E-state index in [0.29, 0.717) is 11.3 Å². The number of amides is 1. The topological polar surface area (TPSA) is 114 Å². The molecule has 0 atom stereocenters. The summed E-state index contributed by atoms with van der Waals surface area (Å²) in [4.78, 5) is 25.0. The zero-order valence-electron chi connectivity index (χ0n) is 15.9. The van der Waals surface area contributed by atoms with Gasteiger partial charge < -0.3 is 5.32 Å². The third-order valence-electron chi connectivity index (χ3n) is 4.30. The largest absolute Gasteiger partial charge is 0.322 e. The van der Waals surface area contributed by atoms with E-state index in [-0.39, 0.29) is 16.8 Å². The van der Waals surface area contributed by atoms with Gasteiger partial charge in [0, 0.05) is 29.2 Å². The fourth-order valence-electron chi connectivity index (χ4n) is 2.94. The molecule has 30 heavy (non-hydrogen) atoms. The minimum Gasteiger partial charge on any atom is -0.322 e. The highest BCUT2D eigenvalue weighted by atomic mass is 32.2. The van der Waals surface area contributed by atoms with Crippen molar-refractivity contribution < 1.29 is 13.2 Å². The summed E-state index contributed by atoms with van der Waals surface area (Å²) in [6.45, 7) is 1.83. The highest BCUT2D eigenvalue weighted by Gasteiger charge is 2.16. The molecule has 2 aromatic carbocycles. The second-order valence-corrected chi connectivity index (χ2v) is 8.17. The number of pyridine rings is 1.